The lowest BCUT2D eigenvalue weighted by atomic mass is 9.83. The number of nitrogens with zero attached hydrogens (tertiary/aromatic N) is 5. The summed E-state index contributed by atoms with van der Waals surface area (Å²) >= 11 is 0. The van der Waals surface area contributed by atoms with E-state index >= 15 is 0 Å². The molecule has 0 fully saturated rings. The van der Waals surface area contributed by atoms with Crippen LogP contribution < -0.4 is 10.9 Å². The van der Waals surface area contributed by atoms with E-state index in [0.717, 1.165) is 12.1 Å². The minimum absolute atomic E-state index is 0.263. The van der Waals surface area contributed by atoms with Crippen molar-refractivity contribution in [2.45, 2.75) is 18.5 Å². The van der Waals surface area contributed by atoms with Crippen LogP contribution in [0, 0.1) is 5.82 Å². The minimum Gasteiger partial charge on any atom is -0.376 e. The number of halogens is 1. The number of hydrogen-bond donors (Lipinski definition) is 2. The van der Waals surface area contributed by atoms with E-state index in [-0.39, 0.29) is 17.3 Å². The zero-order valence-corrected chi connectivity index (χ0v) is 17.4. The molecule has 158 valence electrons. The first kappa shape index (κ1) is 19.4. The third kappa shape index (κ3) is 3.27. The number of hydrogen-bond acceptors (Lipinski definition) is 6. The summed E-state index contributed by atoms with van der Waals surface area (Å²) in [6.07, 6.45) is 1.50. The summed E-state index contributed by atoms with van der Waals surface area (Å²) in [4.78, 5) is 18.9. The van der Waals surface area contributed by atoms with Crippen molar-refractivity contribution in [2.24, 2.45) is 7.05 Å². The number of benzene rings is 2. The zero-order valence-electron chi connectivity index (χ0n) is 17.4. The van der Waals surface area contributed by atoms with Crippen LogP contribution in [0.3, 0.4) is 0 Å². The summed E-state index contributed by atoms with van der Waals surface area (Å²) in [6, 6.07) is 10.7. The summed E-state index contributed by atoms with van der Waals surface area (Å²) in [7, 11) is 5.88. The van der Waals surface area contributed by atoms with E-state index in [1.807, 2.05) is 21.1 Å². The van der Waals surface area contributed by atoms with Gasteiger partial charge in [0.1, 0.15) is 18.0 Å². The summed E-state index contributed by atoms with van der Waals surface area (Å²) in [5.74, 6) is -0.106. The molecule has 0 radical (unpaired) electrons. The van der Waals surface area contributed by atoms with Gasteiger partial charge in [-0.25, -0.2) is 14.5 Å². The Balaban J connectivity index is 1.71. The Bertz CT molecular complexity index is 1330. The van der Waals surface area contributed by atoms with Gasteiger partial charge >= 0.3 is 0 Å². The van der Waals surface area contributed by atoms with E-state index in [0.29, 0.717) is 22.6 Å². The lowest BCUT2D eigenvalue weighted by molar-refractivity contribution is 0.402. The van der Waals surface area contributed by atoms with Crippen LogP contribution in [0.2, 0.25) is 0 Å². The normalized spacial score (nSPS) is 17.8. The second kappa shape index (κ2) is 7.28. The highest BCUT2D eigenvalue weighted by molar-refractivity contribution is 5.97. The fourth-order valence-corrected chi connectivity index (χ4v) is 4.37. The smallest absolute Gasteiger partial charge is 0.272 e. The van der Waals surface area contributed by atoms with Crippen LogP contribution in [0.4, 0.5) is 10.1 Å². The van der Waals surface area contributed by atoms with Crippen molar-refractivity contribution in [2.75, 3.05) is 19.4 Å². The minimum atomic E-state index is -0.477. The van der Waals surface area contributed by atoms with Crippen molar-refractivity contribution in [1.29, 1.82) is 0 Å². The lowest BCUT2D eigenvalue weighted by Crippen LogP contribution is -2.30. The number of aromatic nitrogens is 5. The van der Waals surface area contributed by atoms with E-state index in [4.69, 9.17) is 0 Å². The van der Waals surface area contributed by atoms with Crippen molar-refractivity contribution in [3.05, 3.63) is 81.5 Å². The summed E-state index contributed by atoms with van der Waals surface area (Å²) in [5, 5.41) is 15.5. The van der Waals surface area contributed by atoms with Crippen LogP contribution >= 0.6 is 0 Å². The van der Waals surface area contributed by atoms with Gasteiger partial charge in [0, 0.05) is 24.7 Å². The second-order valence-electron chi connectivity index (χ2n) is 8.13. The SMILES string of the molecule is CN(C)Cc1ccc([C@@H]2Nc3cc(F)cc4c(=O)[nH]nc(c34)[C@H]2c2ncnn2C)cc1. The Hall–Kier alpha value is -3.59. The molecule has 0 aliphatic carbocycles. The number of aryl methyl sites for hydroxylation is 1. The Labute approximate surface area is 177 Å². The van der Waals surface area contributed by atoms with Crippen molar-refractivity contribution in [3.63, 3.8) is 0 Å². The van der Waals surface area contributed by atoms with Gasteiger partial charge in [0.2, 0.25) is 0 Å². The maximum atomic E-state index is 14.3. The molecule has 0 saturated carbocycles. The van der Waals surface area contributed by atoms with Crippen LogP contribution in [-0.4, -0.2) is 44.0 Å². The molecule has 5 rings (SSSR count). The second-order valence-corrected chi connectivity index (χ2v) is 8.13. The fraction of sp³-hybridized carbons (Fsp3) is 0.273. The van der Waals surface area contributed by atoms with E-state index < -0.39 is 11.4 Å². The van der Waals surface area contributed by atoms with Gasteiger partial charge in [-0.1, -0.05) is 24.3 Å². The molecule has 4 aromatic rings. The highest BCUT2D eigenvalue weighted by Crippen LogP contribution is 2.45. The molecule has 1 aliphatic heterocycles. The van der Waals surface area contributed by atoms with Gasteiger partial charge in [-0.15, -0.1) is 0 Å². The number of H-pyrrole nitrogens is 1. The van der Waals surface area contributed by atoms with Gasteiger partial charge in [-0.3, -0.25) is 9.48 Å². The summed E-state index contributed by atoms with van der Waals surface area (Å²) in [5.41, 5.74) is 2.96. The van der Waals surface area contributed by atoms with Crippen LogP contribution in [0.5, 0.6) is 0 Å². The molecule has 1 aliphatic rings. The molecule has 31 heavy (non-hydrogen) atoms. The highest BCUT2D eigenvalue weighted by Gasteiger charge is 2.37. The molecule has 3 heterocycles. The number of rotatable bonds is 4. The summed E-state index contributed by atoms with van der Waals surface area (Å²) < 4.78 is 16.0. The first-order chi connectivity index (χ1) is 14.9. The van der Waals surface area contributed by atoms with Gasteiger partial charge in [0.05, 0.1) is 23.0 Å². The van der Waals surface area contributed by atoms with Crippen LogP contribution in [0.15, 0.2) is 47.5 Å². The van der Waals surface area contributed by atoms with Crippen molar-refractivity contribution >= 4 is 16.5 Å². The van der Waals surface area contributed by atoms with E-state index in [1.165, 1.54) is 24.0 Å². The molecule has 2 N–H and O–H groups in total. The van der Waals surface area contributed by atoms with Crippen molar-refractivity contribution < 1.29 is 4.39 Å². The van der Waals surface area contributed by atoms with Crippen LogP contribution in [0.1, 0.15) is 34.6 Å². The fourth-order valence-electron chi connectivity index (χ4n) is 4.37. The molecule has 2 atom stereocenters. The molecule has 0 bridgehead atoms. The van der Waals surface area contributed by atoms with E-state index in [2.05, 4.69) is 54.8 Å². The number of nitrogens with one attached hydrogen (secondary N) is 2. The molecular formula is C22H22FN7O. The topological polar surface area (TPSA) is 91.7 Å². The van der Waals surface area contributed by atoms with Crippen molar-refractivity contribution in [1.82, 2.24) is 29.9 Å². The number of anilines is 1. The highest BCUT2D eigenvalue weighted by atomic mass is 19.1. The predicted molar refractivity (Wildman–Crippen MR) is 115 cm³/mol. The first-order valence-electron chi connectivity index (χ1n) is 9.98. The Morgan fingerprint density at radius 3 is 2.65 bits per heavy atom. The monoisotopic (exact) mass is 419 g/mol. The van der Waals surface area contributed by atoms with E-state index in [9.17, 15) is 9.18 Å². The van der Waals surface area contributed by atoms with Gasteiger partial charge in [0.25, 0.3) is 5.56 Å². The maximum Gasteiger partial charge on any atom is 0.272 e. The molecular weight excluding hydrogens is 397 g/mol. The summed E-state index contributed by atoms with van der Waals surface area (Å²) in [6.45, 7) is 0.835. The van der Waals surface area contributed by atoms with Crippen molar-refractivity contribution in [3.8, 4) is 0 Å². The largest absolute Gasteiger partial charge is 0.376 e. The Kier molecular flexibility index (Phi) is 4.55. The molecule has 8 nitrogen and oxygen atoms in total. The van der Waals surface area contributed by atoms with Gasteiger partial charge in [-0.05, 0) is 37.4 Å². The van der Waals surface area contributed by atoms with Crippen LogP contribution in [0.25, 0.3) is 10.8 Å². The molecule has 9 heteroatoms. The van der Waals surface area contributed by atoms with E-state index in [1.54, 1.807) is 4.68 Å². The zero-order chi connectivity index (χ0) is 21.7. The Morgan fingerprint density at radius 2 is 1.97 bits per heavy atom. The molecule has 2 aromatic carbocycles. The standard InChI is InChI=1S/C22H22FN7O/c1-29(2)10-12-4-6-13(7-5-12)19-18(21-24-11-25-30(21)3)20-17-15(22(31)28-27-20)8-14(23)9-16(17)26-19/h4-9,11,18-19,26H,10H2,1-3H3,(H,28,31)/t18-,19-/m0/s1. The van der Waals surface area contributed by atoms with Gasteiger partial charge in [-0.2, -0.15) is 10.2 Å². The number of aromatic amines is 1. The Morgan fingerprint density at radius 1 is 1.19 bits per heavy atom. The maximum absolute atomic E-state index is 14.3. The lowest BCUT2D eigenvalue weighted by Gasteiger charge is -2.33. The van der Waals surface area contributed by atoms with Gasteiger partial charge < -0.3 is 10.2 Å². The molecule has 2 aromatic heterocycles. The molecule has 0 unspecified atom stereocenters. The quantitative estimate of drug-likeness (QED) is 0.528. The molecule has 0 spiro atoms. The average molecular weight is 419 g/mol. The van der Waals surface area contributed by atoms with Crippen LogP contribution in [-0.2, 0) is 13.6 Å². The molecule has 0 amide bonds. The third-order valence-electron chi connectivity index (χ3n) is 5.68. The third-order valence-corrected chi connectivity index (χ3v) is 5.68. The first-order valence-corrected chi connectivity index (χ1v) is 9.98. The molecule has 0 saturated heterocycles. The average Bonchev–Trinajstić information content (AvgIpc) is 3.15. The predicted octanol–water partition coefficient (Wildman–Crippen LogP) is 2.55. The van der Waals surface area contributed by atoms with Gasteiger partial charge in [0.15, 0.2) is 0 Å².